The van der Waals surface area contributed by atoms with Crippen LogP contribution in [-0.4, -0.2) is 26.0 Å². The summed E-state index contributed by atoms with van der Waals surface area (Å²) in [6, 6.07) is 5.26. The molecular formula is C11H9N3O2. The Hall–Kier alpha value is -2.30. The summed E-state index contributed by atoms with van der Waals surface area (Å²) >= 11 is 0. The quantitative estimate of drug-likeness (QED) is 0.822. The normalized spacial score (nSPS) is 10.1. The third-order valence-electron chi connectivity index (χ3n) is 2.16. The molecule has 80 valence electrons. The van der Waals surface area contributed by atoms with Gasteiger partial charge in [-0.3, -0.25) is 4.98 Å². The van der Waals surface area contributed by atoms with Crippen LogP contribution in [0.4, 0.5) is 0 Å². The van der Waals surface area contributed by atoms with E-state index in [4.69, 9.17) is 5.11 Å². The molecule has 2 rings (SSSR count). The number of aryl methyl sites for hydroxylation is 1. The van der Waals surface area contributed by atoms with Gasteiger partial charge in [0, 0.05) is 6.20 Å². The van der Waals surface area contributed by atoms with Crippen LogP contribution in [-0.2, 0) is 0 Å². The van der Waals surface area contributed by atoms with Crippen molar-refractivity contribution in [2.75, 3.05) is 0 Å². The SMILES string of the molecule is Cc1ncnc(-c2ccccn2)c1C(=O)O. The number of nitrogens with zero attached hydrogens (tertiary/aromatic N) is 3. The Labute approximate surface area is 91.8 Å². The summed E-state index contributed by atoms with van der Waals surface area (Å²) in [4.78, 5) is 23.0. The number of pyridine rings is 1. The first-order valence-electron chi connectivity index (χ1n) is 4.66. The van der Waals surface area contributed by atoms with Gasteiger partial charge in [0.1, 0.15) is 17.6 Å². The number of aromatic carboxylic acids is 1. The van der Waals surface area contributed by atoms with E-state index in [1.54, 1.807) is 31.3 Å². The summed E-state index contributed by atoms with van der Waals surface area (Å²) in [7, 11) is 0. The Kier molecular flexibility index (Phi) is 2.59. The summed E-state index contributed by atoms with van der Waals surface area (Å²) in [5.41, 5.74) is 1.41. The highest BCUT2D eigenvalue weighted by Gasteiger charge is 2.17. The van der Waals surface area contributed by atoms with Crippen molar-refractivity contribution in [1.82, 2.24) is 15.0 Å². The van der Waals surface area contributed by atoms with E-state index in [0.29, 0.717) is 17.1 Å². The molecule has 0 aliphatic heterocycles. The first kappa shape index (κ1) is 10.2. The van der Waals surface area contributed by atoms with E-state index in [2.05, 4.69) is 15.0 Å². The zero-order valence-electron chi connectivity index (χ0n) is 8.58. The van der Waals surface area contributed by atoms with Crippen LogP contribution in [0.2, 0.25) is 0 Å². The van der Waals surface area contributed by atoms with E-state index < -0.39 is 5.97 Å². The average Bonchev–Trinajstić information content (AvgIpc) is 2.29. The molecule has 0 spiro atoms. The highest BCUT2D eigenvalue weighted by molar-refractivity contribution is 5.95. The third kappa shape index (κ3) is 1.75. The summed E-state index contributed by atoms with van der Waals surface area (Å²) in [5, 5.41) is 9.10. The molecule has 0 atom stereocenters. The topological polar surface area (TPSA) is 76.0 Å². The number of carbonyl (C=O) groups is 1. The number of carboxylic acids is 1. The maximum Gasteiger partial charge on any atom is 0.339 e. The van der Waals surface area contributed by atoms with Gasteiger partial charge in [0.15, 0.2) is 0 Å². The minimum absolute atomic E-state index is 0.0983. The fourth-order valence-corrected chi connectivity index (χ4v) is 1.43. The Morgan fingerprint density at radius 1 is 1.25 bits per heavy atom. The van der Waals surface area contributed by atoms with Crippen LogP contribution in [0.3, 0.4) is 0 Å². The summed E-state index contributed by atoms with van der Waals surface area (Å²) in [6.07, 6.45) is 2.93. The molecular weight excluding hydrogens is 206 g/mol. The monoisotopic (exact) mass is 215 g/mol. The van der Waals surface area contributed by atoms with Crippen LogP contribution in [0, 0.1) is 6.92 Å². The zero-order valence-corrected chi connectivity index (χ0v) is 8.58. The Morgan fingerprint density at radius 3 is 2.69 bits per heavy atom. The highest BCUT2D eigenvalue weighted by Crippen LogP contribution is 2.20. The molecule has 0 aliphatic carbocycles. The molecule has 16 heavy (non-hydrogen) atoms. The van der Waals surface area contributed by atoms with Crippen LogP contribution in [0.25, 0.3) is 11.4 Å². The molecule has 0 amide bonds. The fourth-order valence-electron chi connectivity index (χ4n) is 1.43. The number of carboxylic acid groups (broad SMARTS) is 1. The van der Waals surface area contributed by atoms with Crippen molar-refractivity contribution in [2.45, 2.75) is 6.92 Å². The lowest BCUT2D eigenvalue weighted by Gasteiger charge is -2.05. The Morgan fingerprint density at radius 2 is 2.06 bits per heavy atom. The Bertz CT molecular complexity index is 526. The lowest BCUT2D eigenvalue weighted by Crippen LogP contribution is -2.06. The van der Waals surface area contributed by atoms with E-state index in [1.807, 2.05) is 0 Å². The van der Waals surface area contributed by atoms with E-state index in [9.17, 15) is 4.79 Å². The molecule has 0 saturated heterocycles. The van der Waals surface area contributed by atoms with Gasteiger partial charge in [-0.2, -0.15) is 0 Å². The van der Waals surface area contributed by atoms with E-state index in [1.165, 1.54) is 6.33 Å². The van der Waals surface area contributed by atoms with Crippen LogP contribution in [0.15, 0.2) is 30.7 Å². The lowest BCUT2D eigenvalue weighted by molar-refractivity contribution is 0.0696. The van der Waals surface area contributed by atoms with Gasteiger partial charge in [-0.15, -0.1) is 0 Å². The van der Waals surface area contributed by atoms with Crippen molar-refractivity contribution in [2.24, 2.45) is 0 Å². The first-order chi connectivity index (χ1) is 7.70. The van der Waals surface area contributed by atoms with Gasteiger partial charge in [-0.1, -0.05) is 6.07 Å². The summed E-state index contributed by atoms with van der Waals surface area (Å²) in [6.45, 7) is 1.64. The van der Waals surface area contributed by atoms with Gasteiger partial charge in [-0.05, 0) is 19.1 Å². The minimum atomic E-state index is -1.04. The predicted octanol–water partition coefficient (Wildman–Crippen LogP) is 1.55. The predicted molar refractivity (Wildman–Crippen MR) is 57.0 cm³/mol. The molecule has 2 aromatic heterocycles. The van der Waals surface area contributed by atoms with E-state index in [-0.39, 0.29) is 5.56 Å². The molecule has 0 aromatic carbocycles. The molecule has 5 nitrogen and oxygen atoms in total. The van der Waals surface area contributed by atoms with Gasteiger partial charge in [0.05, 0.1) is 11.4 Å². The summed E-state index contributed by atoms with van der Waals surface area (Å²) in [5.74, 6) is -1.04. The molecule has 0 saturated carbocycles. The molecule has 1 N–H and O–H groups in total. The molecule has 0 bridgehead atoms. The summed E-state index contributed by atoms with van der Waals surface area (Å²) < 4.78 is 0. The molecule has 2 heterocycles. The minimum Gasteiger partial charge on any atom is -0.478 e. The average molecular weight is 215 g/mol. The second kappa shape index (κ2) is 4.06. The third-order valence-corrected chi connectivity index (χ3v) is 2.16. The molecule has 5 heteroatoms. The number of aromatic nitrogens is 3. The lowest BCUT2D eigenvalue weighted by atomic mass is 10.1. The van der Waals surface area contributed by atoms with Crippen molar-refractivity contribution in [3.05, 3.63) is 42.0 Å². The highest BCUT2D eigenvalue weighted by atomic mass is 16.4. The van der Waals surface area contributed by atoms with Crippen LogP contribution in [0.5, 0.6) is 0 Å². The van der Waals surface area contributed by atoms with Crippen molar-refractivity contribution >= 4 is 5.97 Å². The first-order valence-corrected chi connectivity index (χ1v) is 4.66. The van der Waals surface area contributed by atoms with Crippen molar-refractivity contribution in [3.63, 3.8) is 0 Å². The largest absolute Gasteiger partial charge is 0.478 e. The van der Waals surface area contributed by atoms with Crippen LogP contribution >= 0.6 is 0 Å². The molecule has 0 unspecified atom stereocenters. The number of hydrogen-bond acceptors (Lipinski definition) is 4. The van der Waals surface area contributed by atoms with E-state index in [0.717, 1.165) is 0 Å². The maximum atomic E-state index is 11.1. The molecule has 0 radical (unpaired) electrons. The van der Waals surface area contributed by atoms with Crippen LogP contribution < -0.4 is 0 Å². The molecule has 2 aromatic rings. The number of rotatable bonds is 2. The smallest absolute Gasteiger partial charge is 0.339 e. The standard InChI is InChI=1S/C11H9N3O2/c1-7-9(11(15)16)10(14-6-13-7)8-4-2-3-5-12-8/h2-6H,1H3,(H,15,16). The van der Waals surface area contributed by atoms with Crippen molar-refractivity contribution in [1.29, 1.82) is 0 Å². The van der Waals surface area contributed by atoms with Gasteiger partial charge >= 0.3 is 5.97 Å². The maximum absolute atomic E-state index is 11.1. The fraction of sp³-hybridized carbons (Fsp3) is 0.0909. The van der Waals surface area contributed by atoms with Crippen molar-refractivity contribution < 1.29 is 9.90 Å². The number of hydrogen-bond donors (Lipinski definition) is 1. The van der Waals surface area contributed by atoms with Gasteiger partial charge in [-0.25, -0.2) is 14.8 Å². The zero-order chi connectivity index (χ0) is 11.5. The van der Waals surface area contributed by atoms with Gasteiger partial charge in [0.2, 0.25) is 0 Å². The molecule has 0 aliphatic rings. The van der Waals surface area contributed by atoms with Crippen molar-refractivity contribution in [3.8, 4) is 11.4 Å². The van der Waals surface area contributed by atoms with E-state index >= 15 is 0 Å². The molecule has 0 fully saturated rings. The van der Waals surface area contributed by atoms with Gasteiger partial charge in [0.25, 0.3) is 0 Å². The van der Waals surface area contributed by atoms with Gasteiger partial charge < -0.3 is 5.11 Å². The Balaban J connectivity index is 2.66. The second-order valence-electron chi connectivity index (χ2n) is 3.20. The van der Waals surface area contributed by atoms with Crippen LogP contribution in [0.1, 0.15) is 16.1 Å². The second-order valence-corrected chi connectivity index (χ2v) is 3.20.